The van der Waals surface area contributed by atoms with Gasteiger partial charge in [0.25, 0.3) is 5.91 Å². The maximum absolute atomic E-state index is 12.0. The summed E-state index contributed by atoms with van der Waals surface area (Å²) in [6.07, 6.45) is 1.99. The molecule has 0 bridgehead atoms. The lowest BCUT2D eigenvalue weighted by atomic mass is 9.89. The lowest BCUT2D eigenvalue weighted by Crippen LogP contribution is -2.50. The van der Waals surface area contributed by atoms with Gasteiger partial charge < -0.3 is 15.2 Å². The van der Waals surface area contributed by atoms with Crippen LogP contribution in [-0.4, -0.2) is 29.1 Å². The SMILES string of the molecule is CCc1ccc(OCC(=O)NC(CC)(CC)CC(=O)O)cc1. The first-order valence-corrected chi connectivity index (χ1v) is 7.69. The fourth-order valence-corrected chi connectivity index (χ4v) is 2.31. The Morgan fingerprint density at radius 1 is 1.14 bits per heavy atom. The van der Waals surface area contributed by atoms with Crippen LogP contribution in [0.3, 0.4) is 0 Å². The highest BCUT2D eigenvalue weighted by Crippen LogP contribution is 2.20. The Morgan fingerprint density at radius 3 is 2.18 bits per heavy atom. The molecule has 22 heavy (non-hydrogen) atoms. The number of carboxylic acids is 1. The van der Waals surface area contributed by atoms with Crippen LogP contribution in [0.4, 0.5) is 0 Å². The van der Waals surface area contributed by atoms with Gasteiger partial charge in [0.15, 0.2) is 6.61 Å². The van der Waals surface area contributed by atoms with E-state index < -0.39 is 11.5 Å². The fourth-order valence-electron chi connectivity index (χ4n) is 2.31. The van der Waals surface area contributed by atoms with Crippen LogP contribution in [0.25, 0.3) is 0 Å². The number of benzene rings is 1. The molecule has 1 aromatic carbocycles. The van der Waals surface area contributed by atoms with Gasteiger partial charge >= 0.3 is 5.97 Å². The van der Waals surface area contributed by atoms with Crippen LogP contribution in [0.5, 0.6) is 5.75 Å². The second-order valence-corrected chi connectivity index (χ2v) is 5.39. The van der Waals surface area contributed by atoms with E-state index in [1.165, 1.54) is 5.56 Å². The number of amides is 1. The Hall–Kier alpha value is -2.04. The first-order valence-electron chi connectivity index (χ1n) is 7.69. The van der Waals surface area contributed by atoms with Crippen LogP contribution < -0.4 is 10.1 Å². The van der Waals surface area contributed by atoms with E-state index in [4.69, 9.17) is 9.84 Å². The molecule has 0 aliphatic carbocycles. The van der Waals surface area contributed by atoms with E-state index in [0.29, 0.717) is 18.6 Å². The van der Waals surface area contributed by atoms with Gasteiger partial charge in [-0.1, -0.05) is 32.9 Å². The zero-order chi connectivity index (χ0) is 16.6. The molecular weight excluding hydrogens is 282 g/mol. The number of aryl methyl sites for hydroxylation is 1. The molecule has 1 aromatic rings. The molecule has 0 heterocycles. The van der Waals surface area contributed by atoms with Gasteiger partial charge in [-0.3, -0.25) is 9.59 Å². The number of carboxylic acid groups (broad SMARTS) is 1. The molecule has 2 N–H and O–H groups in total. The van der Waals surface area contributed by atoms with Crippen molar-refractivity contribution >= 4 is 11.9 Å². The van der Waals surface area contributed by atoms with Gasteiger partial charge in [-0.05, 0) is 37.0 Å². The monoisotopic (exact) mass is 307 g/mol. The normalized spacial score (nSPS) is 11.0. The first-order chi connectivity index (χ1) is 10.4. The molecule has 0 radical (unpaired) electrons. The summed E-state index contributed by atoms with van der Waals surface area (Å²) in [6.45, 7) is 5.70. The van der Waals surface area contributed by atoms with Crippen LogP contribution in [0.1, 0.15) is 45.6 Å². The molecule has 0 saturated carbocycles. The Kier molecular flexibility index (Phi) is 6.89. The highest BCUT2D eigenvalue weighted by Gasteiger charge is 2.30. The van der Waals surface area contributed by atoms with Gasteiger partial charge in [-0.15, -0.1) is 0 Å². The Labute approximate surface area is 131 Å². The molecular formula is C17H25NO4. The smallest absolute Gasteiger partial charge is 0.305 e. The zero-order valence-electron chi connectivity index (χ0n) is 13.5. The summed E-state index contributed by atoms with van der Waals surface area (Å²) in [5, 5.41) is 11.8. The van der Waals surface area contributed by atoms with Gasteiger partial charge in [0, 0.05) is 0 Å². The quantitative estimate of drug-likeness (QED) is 0.735. The lowest BCUT2D eigenvalue weighted by Gasteiger charge is -2.31. The molecule has 1 amide bonds. The van der Waals surface area contributed by atoms with Gasteiger partial charge in [-0.2, -0.15) is 0 Å². The number of ether oxygens (including phenoxy) is 1. The molecule has 5 heteroatoms. The third-order valence-corrected chi connectivity index (χ3v) is 3.95. The van der Waals surface area contributed by atoms with E-state index in [1.807, 2.05) is 38.1 Å². The second kappa shape index (κ2) is 8.41. The van der Waals surface area contributed by atoms with Crippen LogP contribution >= 0.6 is 0 Å². The predicted molar refractivity (Wildman–Crippen MR) is 85.0 cm³/mol. The molecule has 1 rings (SSSR count). The van der Waals surface area contributed by atoms with Crippen molar-refractivity contribution in [2.45, 2.75) is 52.0 Å². The molecule has 122 valence electrons. The van der Waals surface area contributed by atoms with E-state index in [9.17, 15) is 9.59 Å². The van der Waals surface area contributed by atoms with Crippen molar-refractivity contribution in [3.8, 4) is 5.75 Å². The first kappa shape index (κ1) is 18.0. The standard InChI is InChI=1S/C17H25NO4/c1-4-13-7-9-14(10-8-13)22-12-15(19)18-17(5-2,6-3)11-16(20)21/h7-10H,4-6,11-12H2,1-3H3,(H,18,19)(H,20,21). The van der Waals surface area contributed by atoms with Crippen molar-refractivity contribution in [3.05, 3.63) is 29.8 Å². The fraction of sp³-hybridized carbons (Fsp3) is 0.529. The summed E-state index contributed by atoms with van der Waals surface area (Å²) in [5.41, 5.74) is 0.493. The summed E-state index contributed by atoms with van der Waals surface area (Å²) in [4.78, 5) is 23.0. The summed E-state index contributed by atoms with van der Waals surface area (Å²) in [5.74, 6) is -0.589. The number of rotatable bonds is 9. The number of aliphatic carboxylic acids is 1. The third kappa shape index (κ3) is 5.39. The molecule has 5 nitrogen and oxygen atoms in total. The average Bonchev–Trinajstić information content (AvgIpc) is 2.52. The number of nitrogens with one attached hydrogen (secondary N) is 1. The van der Waals surface area contributed by atoms with Crippen LogP contribution in [-0.2, 0) is 16.0 Å². The van der Waals surface area contributed by atoms with Crippen molar-refractivity contribution in [3.63, 3.8) is 0 Å². The predicted octanol–water partition coefficient (Wildman–Crippen LogP) is 2.78. The number of hydrogen-bond acceptors (Lipinski definition) is 3. The van der Waals surface area contributed by atoms with Crippen molar-refractivity contribution in [1.29, 1.82) is 0 Å². The largest absolute Gasteiger partial charge is 0.484 e. The van der Waals surface area contributed by atoms with Crippen LogP contribution in [0, 0.1) is 0 Å². The van der Waals surface area contributed by atoms with Crippen molar-refractivity contribution in [2.24, 2.45) is 0 Å². The van der Waals surface area contributed by atoms with E-state index >= 15 is 0 Å². The minimum absolute atomic E-state index is 0.0864. The maximum atomic E-state index is 12.0. The van der Waals surface area contributed by atoms with Gasteiger partial charge in [0.2, 0.25) is 0 Å². The Bertz CT molecular complexity index is 492. The van der Waals surface area contributed by atoms with E-state index in [-0.39, 0.29) is 18.9 Å². The molecule has 0 fully saturated rings. The minimum atomic E-state index is -0.917. The van der Waals surface area contributed by atoms with E-state index in [2.05, 4.69) is 12.2 Å². The lowest BCUT2D eigenvalue weighted by molar-refractivity contribution is -0.139. The molecule has 0 atom stereocenters. The molecule has 0 aromatic heterocycles. The number of carbonyl (C=O) groups excluding carboxylic acids is 1. The zero-order valence-corrected chi connectivity index (χ0v) is 13.5. The van der Waals surface area contributed by atoms with Crippen molar-refractivity contribution < 1.29 is 19.4 Å². The summed E-state index contributed by atoms with van der Waals surface area (Å²) >= 11 is 0. The topological polar surface area (TPSA) is 75.6 Å². The number of carbonyl (C=O) groups is 2. The Morgan fingerprint density at radius 2 is 1.73 bits per heavy atom. The molecule has 0 aliphatic heterocycles. The van der Waals surface area contributed by atoms with Crippen molar-refractivity contribution in [2.75, 3.05) is 6.61 Å². The molecule has 0 saturated heterocycles. The number of hydrogen-bond donors (Lipinski definition) is 2. The summed E-state index contributed by atoms with van der Waals surface area (Å²) in [6, 6.07) is 7.58. The Balaban J connectivity index is 2.57. The van der Waals surface area contributed by atoms with Gasteiger partial charge in [-0.25, -0.2) is 0 Å². The average molecular weight is 307 g/mol. The minimum Gasteiger partial charge on any atom is -0.484 e. The second-order valence-electron chi connectivity index (χ2n) is 5.39. The van der Waals surface area contributed by atoms with Gasteiger partial charge in [0.05, 0.1) is 12.0 Å². The van der Waals surface area contributed by atoms with Crippen LogP contribution in [0.2, 0.25) is 0 Å². The maximum Gasteiger partial charge on any atom is 0.305 e. The van der Waals surface area contributed by atoms with Gasteiger partial charge in [0.1, 0.15) is 5.75 Å². The highest BCUT2D eigenvalue weighted by molar-refractivity contribution is 5.79. The molecule has 0 unspecified atom stereocenters. The van der Waals surface area contributed by atoms with Crippen LogP contribution in [0.15, 0.2) is 24.3 Å². The third-order valence-electron chi connectivity index (χ3n) is 3.95. The summed E-state index contributed by atoms with van der Waals surface area (Å²) < 4.78 is 5.45. The summed E-state index contributed by atoms with van der Waals surface area (Å²) in [7, 11) is 0. The highest BCUT2D eigenvalue weighted by atomic mass is 16.5. The van der Waals surface area contributed by atoms with E-state index in [1.54, 1.807) is 0 Å². The van der Waals surface area contributed by atoms with E-state index in [0.717, 1.165) is 6.42 Å². The molecule has 0 aliphatic rings. The van der Waals surface area contributed by atoms with Crippen molar-refractivity contribution in [1.82, 2.24) is 5.32 Å². The molecule has 0 spiro atoms.